The molecular formula is C24H36N2O. The molecule has 0 radical (unpaired) electrons. The summed E-state index contributed by atoms with van der Waals surface area (Å²) < 4.78 is 0. The second-order valence-corrected chi connectivity index (χ2v) is 8.31. The minimum absolute atomic E-state index is 0.141. The molecule has 1 aliphatic heterocycles. The van der Waals surface area contributed by atoms with Gasteiger partial charge in [-0.25, -0.2) is 0 Å². The number of para-hydroxylation sites is 1. The lowest BCUT2D eigenvalue weighted by atomic mass is 9.71. The number of piperidine rings is 1. The second-order valence-electron chi connectivity index (χ2n) is 8.31. The molecule has 4 unspecified atom stereocenters. The summed E-state index contributed by atoms with van der Waals surface area (Å²) in [4.78, 5) is 2.56. The maximum atomic E-state index is 11.7. The summed E-state index contributed by atoms with van der Waals surface area (Å²) in [6, 6.07) is 10.8. The van der Waals surface area contributed by atoms with Gasteiger partial charge in [-0.2, -0.15) is 0 Å². The molecule has 0 amide bonds. The van der Waals surface area contributed by atoms with Gasteiger partial charge in [-0.3, -0.25) is 4.90 Å². The third-order valence-corrected chi connectivity index (χ3v) is 6.24. The Bertz CT molecular complexity index is 627. The average molecular weight is 369 g/mol. The minimum Gasteiger partial charge on any atom is -0.386 e. The van der Waals surface area contributed by atoms with Crippen LogP contribution < -0.4 is 5.32 Å². The van der Waals surface area contributed by atoms with E-state index in [1.807, 2.05) is 6.07 Å². The molecule has 148 valence electrons. The largest absolute Gasteiger partial charge is 0.386 e. The molecule has 3 heteroatoms. The fourth-order valence-electron chi connectivity index (χ4n) is 4.88. The lowest BCUT2D eigenvalue weighted by molar-refractivity contribution is -0.113. The Balaban J connectivity index is 1.66. The van der Waals surface area contributed by atoms with Crippen molar-refractivity contribution in [2.75, 3.05) is 18.4 Å². The van der Waals surface area contributed by atoms with Crippen LogP contribution in [0.3, 0.4) is 0 Å². The van der Waals surface area contributed by atoms with E-state index < -0.39 is 5.60 Å². The van der Waals surface area contributed by atoms with Crippen molar-refractivity contribution in [3.63, 3.8) is 0 Å². The van der Waals surface area contributed by atoms with Gasteiger partial charge in [0, 0.05) is 24.8 Å². The number of allylic oxidation sites excluding steroid dienone is 3. The van der Waals surface area contributed by atoms with E-state index in [1.54, 1.807) is 0 Å². The van der Waals surface area contributed by atoms with Crippen molar-refractivity contribution in [1.82, 2.24) is 4.90 Å². The molecule has 2 N–H and O–H groups in total. The molecule has 27 heavy (non-hydrogen) atoms. The van der Waals surface area contributed by atoms with Gasteiger partial charge in [-0.1, -0.05) is 62.3 Å². The van der Waals surface area contributed by atoms with E-state index in [2.05, 4.69) is 72.6 Å². The smallest absolute Gasteiger partial charge is 0.100 e. The monoisotopic (exact) mass is 368 g/mol. The number of hydrogen-bond acceptors (Lipinski definition) is 3. The van der Waals surface area contributed by atoms with Crippen LogP contribution in [0, 0.1) is 5.92 Å². The first-order chi connectivity index (χ1) is 13.1. The van der Waals surface area contributed by atoms with Gasteiger partial charge < -0.3 is 10.4 Å². The highest BCUT2D eigenvalue weighted by molar-refractivity contribution is 5.44. The quantitative estimate of drug-likeness (QED) is 0.665. The Hall–Kier alpha value is -1.58. The Labute approximate surface area is 165 Å². The van der Waals surface area contributed by atoms with Crippen LogP contribution in [-0.2, 0) is 0 Å². The van der Waals surface area contributed by atoms with Crippen LogP contribution in [0.1, 0.15) is 52.4 Å². The number of aliphatic hydroxyl groups is 1. The maximum absolute atomic E-state index is 11.7. The molecule has 1 saturated heterocycles. The Morgan fingerprint density at radius 1 is 1.22 bits per heavy atom. The molecule has 2 fully saturated rings. The molecule has 2 aliphatic rings. The van der Waals surface area contributed by atoms with Crippen molar-refractivity contribution in [2.24, 2.45) is 5.92 Å². The van der Waals surface area contributed by atoms with Crippen molar-refractivity contribution in [1.29, 1.82) is 0 Å². The summed E-state index contributed by atoms with van der Waals surface area (Å²) in [5.41, 5.74) is 0.495. The summed E-state index contributed by atoms with van der Waals surface area (Å²) in [6.45, 7) is 6.46. The SMILES string of the molecule is CC=CCC=CC(C)CN1CCC(Nc2ccccc2)C2(O)CCCCC12. The highest BCUT2D eigenvalue weighted by Gasteiger charge is 2.50. The predicted octanol–water partition coefficient (Wildman–Crippen LogP) is 5.01. The first-order valence-corrected chi connectivity index (χ1v) is 10.7. The van der Waals surface area contributed by atoms with Crippen LogP contribution in [0.5, 0.6) is 0 Å². The molecule has 0 aromatic heterocycles. The highest BCUT2D eigenvalue weighted by Crippen LogP contribution is 2.40. The van der Waals surface area contributed by atoms with E-state index >= 15 is 0 Å². The van der Waals surface area contributed by atoms with Crippen molar-refractivity contribution < 1.29 is 5.11 Å². The number of nitrogens with one attached hydrogen (secondary N) is 1. The van der Waals surface area contributed by atoms with Crippen LogP contribution in [0.4, 0.5) is 5.69 Å². The lowest BCUT2D eigenvalue weighted by Gasteiger charge is -2.54. The molecule has 1 saturated carbocycles. The zero-order valence-electron chi connectivity index (χ0n) is 17.0. The highest BCUT2D eigenvalue weighted by atomic mass is 16.3. The Morgan fingerprint density at radius 3 is 2.81 bits per heavy atom. The first-order valence-electron chi connectivity index (χ1n) is 10.7. The summed E-state index contributed by atoms with van der Waals surface area (Å²) in [6.07, 6.45) is 15.3. The van der Waals surface area contributed by atoms with E-state index in [9.17, 15) is 5.11 Å². The maximum Gasteiger partial charge on any atom is 0.100 e. The average Bonchev–Trinajstić information content (AvgIpc) is 2.68. The molecular weight excluding hydrogens is 332 g/mol. The second kappa shape index (κ2) is 9.57. The molecule has 4 atom stereocenters. The molecule has 3 rings (SSSR count). The number of likely N-dealkylation sites (tertiary alicyclic amines) is 1. The molecule has 1 aliphatic carbocycles. The molecule has 0 spiro atoms. The summed E-state index contributed by atoms with van der Waals surface area (Å²) >= 11 is 0. The van der Waals surface area contributed by atoms with Gasteiger partial charge in [0.25, 0.3) is 0 Å². The Kier molecular flexibility index (Phi) is 7.14. The molecule has 3 nitrogen and oxygen atoms in total. The predicted molar refractivity (Wildman–Crippen MR) is 115 cm³/mol. The van der Waals surface area contributed by atoms with E-state index in [0.29, 0.717) is 5.92 Å². The van der Waals surface area contributed by atoms with Crippen LogP contribution in [0.2, 0.25) is 0 Å². The normalized spacial score (nSPS) is 30.5. The number of nitrogens with zero attached hydrogens (tertiary/aromatic N) is 1. The Morgan fingerprint density at radius 2 is 2.04 bits per heavy atom. The van der Waals surface area contributed by atoms with Crippen molar-refractivity contribution >= 4 is 5.69 Å². The van der Waals surface area contributed by atoms with Gasteiger partial charge in [0.1, 0.15) is 5.60 Å². The molecule has 1 heterocycles. The fourth-order valence-corrected chi connectivity index (χ4v) is 4.88. The number of fused-ring (bicyclic) bond motifs is 1. The first kappa shape index (κ1) is 20.2. The minimum atomic E-state index is -0.624. The summed E-state index contributed by atoms with van der Waals surface area (Å²) in [7, 11) is 0. The van der Waals surface area contributed by atoms with Crippen LogP contribution in [-0.4, -0.2) is 40.8 Å². The summed E-state index contributed by atoms with van der Waals surface area (Å²) in [5.74, 6) is 0.514. The van der Waals surface area contributed by atoms with Crippen molar-refractivity contribution in [3.05, 3.63) is 54.6 Å². The van der Waals surface area contributed by atoms with Crippen LogP contribution >= 0.6 is 0 Å². The zero-order valence-corrected chi connectivity index (χ0v) is 17.0. The lowest BCUT2D eigenvalue weighted by Crippen LogP contribution is -2.67. The molecule has 0 bridgehead atoms. The van der Waals surface area contributed by atoms with Gasteiger partial charge in [-0.15, -0.1) is 0 Å². The van der Waals surface area contributed by atoms with E-state index in [4.69, 9.17) is 0 Å². The summed E-state index contributed by atoms with van der Waals surface area (Å²) in [5, 5.41) is 15.4. The van der Waals surface area contributed by atoms with Gasteiger partial charge in [0.2, 0.25) is 0 Å². The number of benzene rings is 1. The van der Waals surface area contributed by atoms with Crippen LogP contribution in [0.15, 0.2) is 54.6 Å². The fraction of sp³-hybridized carbons (Fsp3) is 0.583. The third-order valence-electron chi connectivity index (χ3n) is 6.24. The molecule has 1 aromatic rings. The number of hydrogen-bond donors (Lipinski definition) is 2. The standard InChI is InChI=1S/C24H36N2O/c1-3-4-5-7-12-20(2)19-26-18-16-22(25-21-13-8-6-9-14-21)24(27)17-11-10-15-23(24)26/h3-4,6-9,12-14,20,22-23,25,27H,5,10-11,15-19H2,1-2H3. The third kappa shape index (κ3) is 5.03. The van der Waals surface area contributed by atoms with Gasteiger partial charge in [-0.05, 0) is 50.7 Å². The van der Waals surface area contributed by atoms with Gasteiger partial charge in [0.05, 0.1) is 6.04 Å². The van der Waals surface area contributed by atoms with Crippen molar-refractivity contribution in [3.8, 4) is 0 Å². The number of rotatable bonds is 7. The van der Waals surface area contributed by atoms with E-state index in [0.717, 1.165) is 50.9 Å². The molecule has 1 aromatic carbocycles. The van der Waals surface area contributed by atoms with E-state index in [1.165, 1.54) is 6.42 Å². The van der Waals surface area contributed by atoms with Gasteiger partial charge >= 0.3 is 0 Å². The van der Waals surface area contributed by atoms with Gasteiger partial charge in [0.15, 0.2) is 0 Å². The number of anilines is 1. The zero-order chi connectivity index (χ0) is 19.1. The van der Waals surface area contributed by atoms with Crippen molar-refractivity contribution in [2.45, 2.75) is 70.1 Å². The van der Waals surface area contributed by atoms with E-state index in [-0.39, 0.29) is 12.1 Å². The topological polar surface area (TPSA) is 35.5 Å². The van der Waals surface area contributed by atoms with Crippen LogP contribution in [0.25, 0.3) is 0 Å².